The molecule has 2 aliphatic heterocycles. The molecule has 2 heterocycles. The van der Waals surface area contributed by atoms with Gasteiger partial charge in [-0.2, -0.15) is 0 Å². The van der Waals surface area contributed by atoms with E-state index in [4.69, 9.17) is 43.7 Å². The van der Waals surface area contributed by atoms with Crippen molar-refractivity contribution >= 4 is 23.5 Å². The molecular formula is C12H21B2O8P. The molecule has 0 spiro atoms. The van der Waals surface area contributed by atoms with Gasteiger partial charge >= 0.3 is 7.82 Å². The molecule has 2 fully saturated rings. The summed E-state index contributed by atoms with van der Waals surface area (Å²) in [6, 6.07) is -0.966. The zero-order valence-electron chi connectivity index (χ0n) is 13.2. The van der Waals surface area contributed by atoms with E-state index < -0.39 is 32.0 Å². The van der Waals surface area contributed by atoms with Crippen molar-refractivity contribution in [3.8, 4) is 0 Å². The summed E-state index contributed by atoms with van der Waals surface area (Å²) >= 11 is 0. The number of hydrogen-bond donors (Lipinski definition) is 1. The molecule has 2 aliphatic rings. The van der Waals surface area contributed by atoms with E-state index in [1.807, 2.05) is 0 Å². The summed E-state index contributed by atoms with van der Waals surface area (Å²) in [4.78, 5) is 9.74. The maximum Gasteiger partial charge on any atom is 0.472 e. The minimum absolute atomic E-state index is 0.168. The smallest absolute Gasteiger partial charge is 0.380 e. The van der Waals surface area contributed by atoms with Crippen LogP contribution in [0.1, 0.15) is 12.8 Å². The second kappa shape index (κ2) is 8.45. The van der Waals surface area contributed by atoms with Gasteiger partial charge in [-0.1, -0.05) is 0 Å². The summed E-state index contributed by atoms with van der Waals surface area (Å²) in [6.07, 6.45) is -0.656. The van der Waals surface area contributed by atoms with E-state index in [-0.39, 0.29) is 25.4 Å². The highest BCUT2D eigenvalue weighted by Gasteiger charge is 2.37. The minimum Gasteiger partial charge on any atom is -0.380 e. The molecular weight excluding hydrogens is 325 g/mol. The molecule has 4 unspecified atom stereocenters. The van der Waals surface area contributed by atoms with Crippen molar-refractivity contribution in [1.29, 1.82) is 0 Å². The van der Waals surface area contributed by atoms with Crippen LogP contribution in [0.4, 0.5) is 0 Å². The Kier molecular flexibility index (Phi) is 7.13. The lowest BCUT2D eigenvalue weighted by molar-refractivity contribution is -0.0361. The largest absolute Gasteiger partial charge is 0.472 e. The number of hydrogen-bond acceptors (Lipinski definition) is 7. The maximum absolute atomic E-state index is 11.9. The monoisotopic (exact) mass is 346 g/mol. The van der Waals surface area contributed by atoms with Crippen LogP contribution in [-0.2, 0) is 32.6 Å². The second-order valence-electron chi connectivity index (χ2n) is 5.51. The maximum atomic E-state index is 11.9. The number of ether oxygens (including phenoxy) is 4. The Bertz CT molecular complexity index is 394. The third kappa shape index (κ3) is 5.54. The first-order valence-corrected chi connectivity index (χ1v) is 8.83. The summed E-state index contributed by atoms with van der Waals surface area (Å²) in [7, 11) is 10.1. The van der Waals surface area contributed by atoms with Crippen molar-refractivity contribution in [2.24, 2.45) is 0 Å². The first-order valence-electron chi connectivity index (χ1n) is 7.34. The standard InChI is InChI=1S/C12H21B2O8P/c1-17-7-3-11(13)21-9(7)5-19-23(15,16)20-6-10-8(18-2)4-12(14)22-10/h7-12H,3-6H2,1-2H3,(H,15,16)/t7-,8?,9-,10?,11-,12?/m1/s1. The van der Waals surface area contributed by atoms with Gasteiger partial charge in [-0.3, -0.25) is 9.05 Å². The van der Waals surface area contributed by atoms with E-state index in [0.29, 0.717) is 12.8 Å². The first-order chi connectivity index (χ1) is 10.8. The van der Waals surface area contributed by atoms with Gasteiger partial charge < -0.3 is 23.8 Å². The van der Waals surface area contributed by atoms with Gasteiger partial charge in [-0.15, -0.1) is 0 Å². The third-order valence-corrected chi connectivity index (χ3v) is 4.82. The lowest BCUT2D eigenvalue weighted by Gasteiger charge is -2.21. The van der Waals surface area contributed by atoms with Gasteiger partial charge in [0.15, 0.2) is 0 Å². The number of phosphoric ester groups is 1. The molecule has 0 aromatic heterocycles. The zero-order valence-corrected chi connectivity index (χ0v) is 14.1. The minimum atomic E-state index is -4.26. The van der Waals surface area contributed by atoms with Gasteiger partial charge in [0, 0.05) is 26.2 Å². The summed E-state index contributed by atoms with van der Waals surface area (Å²) in [5.41, 5.74) is 0. The van der Waals surface area contributed by atoms with Crippen LogP contribution in [-0.4, -0.2) is 84.4 Å². The fraction of sp³-hybridized carbons (Fsp3) is 1.00. The van der Waals surface area contributed by atoms with Crippen LogP contribution >= 0.6 is 7.82 Å². The summed E-state index contributed by atoms with van der Waals surface area (Å²) in [6.45, 7) is -0.336. The van der Waals surface area contributed by atoms with Gasteiger partial charge in [0.2, 0.25) is 0 Å². The van der Waals surface area contributed by atoms with E-state index in [1.165, 1.54) is 14.2 Å². The van der Waals surface area contributed by atoms with Crippen molar-refractivity contribution in [2.75, 3.05) is 27.4 Å². The normalized spacial score (nSPS) is 40.3. The van der Waals surface area contributed by atoms with E-state index >= 15 is 0 Å². The number of rotatable bonds is 8. The summed E-state index contributed by atoms with van der Waals surface area (Å²) in [5.74, 6) is 0. The SMILES string of the molecule is [B]C1CC(OC)C(COP(=O)(O)OC[C@H]2O[C@@H]([B])C[C@H]2OC)O1. The molecule has 0 bridgehead atoms. The van der Waals surface area contributed by atoms with Crippen molar-refractivity contribution < 1.29 is 37.5 Å². The molecule has 0 amide bonds. The van der Waals surface area contributed by atoms with Crippen LogP contribution in [0.5, 0.6) is 0 Å². The molecule has 0 aliphatic carbocycles. The fourth-order valence-corrected chi connectivity index (χ4v) is 3.40. The fourth-order valence-electron chi connectivity index (χ4n) is 2.66. The van der Waals surface area contributed by atoms with Crippen molar-refractivity contribution in [3.63, 3.8) is 0 Å². The van der Waals surface area contributed by atoms with E-state index in [0.717, 1.165) is 0 Å². The molecule has 128 valence electrons. The van der Waals surface area contributed by atoms with Crippen molar-refractivity contribution in [2.45, 2.75) is 49.3 Å². The Hall–Kier alpha value is 0.0799. The summed E-state index contributed by atoms with van der Waals surface area (Å²) in [5, 5.41) is 0. The Morgan fingerprint density at radius 1 is 1.00 bits per heavy atom. The average molecular weight is 346 g/mol. The molecule has 8 nitrogen and oxygen atoms in total. The lowest BCUT2D eigenvalue weighted by Crippen LogP contribution is -2.29. The highest BCUT2D eigenvalue weighted by atomic mass is 31.2. The first kappa shape index (κ1) is 19.4. The number of phosphoric acid groups is 1. The highest BCUT2D eigenvalue weighted by molar-refractivity contribution is 7.47. The van der Waals surface area contributed by atoms with Gasteiger partial charge in [-0.05, 0) is 12.8 Å². The van der Waals surface area contributed by atoms with Gasteiger partial charge in [0.25, 0.3) is 0 Å². The average Bonchev–Trinajstić information content (AvgIpc) is 3.05. The molecule has 11 heteroatoms. The molecule has 0 aromatic rings. The second-order valence-corrected chi connectivity index (χ2v) is 6.96. The zero-order chi connectivity index (χ0) is 17.0. The van der Waals surface area contributed by atoms with Crippen LogP contribution in [0, 0.1) is 0 Å². The van der Waals surface area contributed by atoms with Crippen molar-refractivity contribution in [3.05, 3.63) is 0 Å². The quantitative estimate of drug-likeness (QED) is 0.474. The lowest BCUT2D eigenvalue weighted by atomic mass is 9.96. The molecule has 0 aromatic carbocycles. The van der Waals surface area contributed by atoms with Crippen LogP contribution in [0.15, 0.2) is 0 Å². The molecule has 2 saturated heterocycles. The Morgan fingerprint density at radius 2 is 1.39 bits per heavy atom. The Labute approximate surface area is 138 Å². The molecule has 4 radical (unpaired) electrons. The predicted octanol–water partition coefficient (Wildman–Crippen LogP) is -0.283. The van der Waals surface area contributed by atoms with E-state index in [9.17, 15) is 9.46 Å². The Balaban J connectivity index is 1.77. The van der Waals surface area contributed by atoms with Gasteiger partial charge in [-0.25, -0.2) is 4.57 Å². The topological polar surface area (TPSA) is 92.7 Å². The van der Waals surface area contributed by atoms with Crippen molar-refractivity contribution in [1.82, 2.24) is 0 Å². The molecule has 23 heavy (non-hydrogen) atoms. The Morgan fingerprint density at radius 3 is 1.74 bits per heavy atom. The van der Waals surface area contributed by atoms with Crippen LogP contribution < -0.4 is 0 Å². The molecule has 2 rings (SSSR count). The predicted molar refractivity (Wildman–Crippen MR) is 81.4 cm³/mol. The molecule has 7 atom stereocenters. The van der Waals surface area contributed by atoms with Crippen LogP contribution in [0.2, 0.25) is 0 Å². The van der Waals surface area contributed by atoms with E-state index in [2.05, 4.69) is 0 Å². The van der Waals surface area contributed by atoms with Gasteiger partial charge in [0.1, 0.15) is 27.9 Å². The third-order valence-electron chi connectivity index (χ3n) is 3.87. The molecule has 1 N–H and O–H groups in total. The van der Waals surface area contributed by atoms with Gasteiger partial charge in [0.05, 0.1) is 25.4 Å². The molecule has 0 saturated carbocycles. The highest BCUT2D eigenvalue weighted by Crippen LogP contribution is 2.44. The van der Waals surface area contributed by atoms with Crippen LogP contribution in [0.3, 0.4) is 0 Å². The summed E-state index contributed by atoms with van der Waals surface area (Å²) < 4.78 is 43.0. The van der Waals surface area contributed by atoms with Crippen LogP contribution in [0.25, 0.3) is 0 Å². The number of methoxy groups -OCH3 is 2. The van der Waals surface area contributed by atoms with E-state index in [1.54, 1.807) is 0 Å².